The third-order valence-electron chi connectivity index (χ3n) is 5.37. The second-order valence-electron chi connectivity index (χ2n) is 7.33. The van der Waals surface area contributed by atoms with Crippen molar-refractivity contribution in [3.8, 4) is 0 Å². The molecular weight excluding hydrogens is 422 g/mol. The van der Waals surface area contributed by atoms with Crippen molar-refractivity contribution >= 4 is 21.1 Å². The van der Waals surface area contributed by atoms with Crippen molar-refractivity contribution in [2.75, 3.05) is 13.1 Å². The topological polar surface area (TPSA) is 55.2 Å². The van der Waals surface area contributed by atoms with Crippen LogP contribution >= 0.6 is 0 Å². The molecule has 1 aliphatic rings. The minimum atomic E-state index is -4.58. The van der Waals surface area contributed by atoms with E-state index in [-0.39, 0.29) is 36.0 Å². The van der Waals surface area contributed by atoms with Crippen LogP contribution in [0.25, 0.3) is 11.0 Å². The number of alkyl halides is 3. The largest absolute Gasteiger partial charge is 0.449 e. The van der Waals surface area contributed by atoms with E-state index in [9.17, 15) is 26.0 Å². The minimum absolute atomic E-state index is 0.00214. The van der Waals surface area contributed by atoms with E-state index in [2.05, 4.69) is 4.98 Å². The highest BCUT2D eigenvalue weighted by atomic mass is 32.2. The van der Waals surface area contributed by atoms with E-state index in [1.807, 2.05) is 0 Å². The fourth-order valence-corrected chi connectivity index (χ4v) is 5.29. The van der Waals surface area contributed by atoms with E-state index in [4.69, 9.17) is 0 Å². The zero-order valence-corrected chi connectivity index (χ0v) is 16.6. The predicted molar refractivity (Wildman–Crippen MR) is 103 cm³/mol. The van der Waals surface area contributed by atoms with Crippen LogP contribution in [0.3, 0.4) is 0 Å². The molecule has 2 heterocycles. The molecule has 1 fully saturated rings. The van der Waals surface area contributed by atoms with Crippen LogP contribution in [-0.2, 0) is 22.7 Å². The fraction of sp³-hybridized carbons (Fsp3) is 0.350. The molecule has 5 nitrogen and oxygen atoms in total. The molecule has 0 bridgehead atoms. The summed E-state index contributed by atoms with van der Waals surface area (Å²) < 4.78 is 81.4. The quantitative estimate of drug-likeness (QED) is 0.568. The van der Waals surface area contributed by atoms with Crippen molar-refractivity contribution in [3.05, 3.63) is 60.2 Å². The van der Waals surface area contributed by atoms with E-state index in [1.165, 1.54) is 21.0 Å². The third-order valence-corrected chi connectivity index (χ3v) is 7.29. The molecule has 0 amide bonds. The van der Waals surface area contributed by atoms with Crippen LogP contribution in [-0.4, -0.2) is 35.4 Å². The standard InChI is InChI=1S/C20H19F4N3O2S/c21-15-5-7-16(8-6-15)30(28,29)26-11-9-14(10-12-26)13-27-18-4-2-1-3-17(18)25-19(27)20(22,23)24/h1-8,14H,9-13H2. The summed E-state index contributed by atoms with van der Waals surface area (Å²) in [7, 11) is -3.76. The molecule has 30 heavy (non-hydrogen) atoms. The van der Waals surface area contributed by atoms with Gasteiger partial charge in [0.2, 0.25) is 15.8 Å². The van der Waals surface area contributed by atoms with E-state index < -0.39 is 27.8 Å². The van der Waals surface area contributed by atoms with Crippen molar-refractivity contribution in [1.82, 2.24) is 13.9 Å². The first-order valence-corrected chi connectivity index (χ1v) is 10.9. The Morgan fingerprint density at radius 3 is 2.27 bits per heavy atom. The van der Waals surface area contributed by atoms with E-state index in [1.54, 1.807) is 24.3 Å². The molecule has 10 heteroatoms. The van der Waals surface area contributed by atoms with Crippen LogP contribution in [0.5, 0.6) is 0 Å². The highest BCUT2D eigenvalue weighted by Crippen LogP contribution is 2.33. The van der Waals surface area contributed by atoms with Gasteiger partial charge in [-0.1, -0.05) is 12.1 Å². The summed E-state index contributed by atoms with van der Waals surface area (Å²) in [5, 5.41) is 0. The second-order valence-corrected chi connectivity index (χ2v) is 9.27. The molecule has 0 atom stereocenters. The normalized spacial score (nSPS) is 16.9. The number of rotatable bonds is 4. The predicted octanol–water partition coefficient (Wildman–Crippen LogP) is 4.30. The lowest BCUT2D eigenvalue weighted by Gasteiger charge is -2.31. The second kappa shape index (κ2) is 7.66. The number of sulfonamides is 1. The molecule has 1 aromatic heterocycles. The first-order valence-electron chi connectivity index (χ1n) is 9.44. The highest BCUT2D eigenvalue weighted by Gasteiger charge is 2.38. The highest BCUT2D eigenvalue weighted by molar-refractivity contribution is 7.89. The molecule has 1 saturated heterocycles. The molecule has 160 valence electrons. The molecule has 0 spiro atoms. The van der Waals surface area contributed by atoms with Gasteiger partial charge >= 0.3 is 6.18 Å². The molecule has 0 aliphatic carbocycles. The number of para-hydroxylation sites is 2. The summed E-state index contributed by atoms with van der Waals surface area (Å²) in [6.07, 6.45) is -3.74. The monoisotopic (exact) mass is 441 g/mol. The Morgan fingerprint density at radius 1 is 1.00 bits per heavy atom. The van der Waals surface area contributed by atoms with Gasteiger partial charge in [0, 0.05) is 19.6 Å². The Morgan fingerprint density at radius 2 is 1.63 bits per heavy atom. The lowest BCUT2D eigenvalue weighted by atomic mass is 9.98. The van der Waals surface area contributed by atoms with E-state index in [0.717, 1.165) is 12.1 Å². The van der Waals surface area contributed by atoms with Gasteiger partial charge in [-0.25, -0.2) is 17.8 Å². The van der Waals surface area contributed by atoms with Gasteiger partial charge in [0.1, 0.15) is 5.82 Å². The van der Waals surface area contributed by atoms with Gasteiger partial charge in [-0.05, 0) is 55.2 Å². The number of fused-ring (bicyclic) bond motifs is 1. The smallest absolute Gasteiger partial charge is 0.320 e. The minimum Gasteiger partial charge on any atom is -0.320 e. The van der Waals surface area contributed by atoms with Gasteiger partial charge in [-0.3, -0.25) is 0 Å². The first-order chi connectivity index (χ1) is 14.2. The van der Waals surface area contributed by atoms with Gasteiger partial charge in [0.05, 0.1) is 15.9 Å². The van der Waals surface area contributed by atoms with Gasteiger partial charge < -0.3 is 4.57 Å². The molecule has 0 saturated carbocycles. The molecule has 3 aromatic rings. The molecule has 0 unspecified atom stereocenters. The van der Waals surface area contributed by atoms with Crippen LogP contribution < -0.4 is 0 Å². The molecule has 2 aromatic carbocycles. The number of hydrogen-bond donors (Lipinski definition) is 0. The maximum atomic E-state index is 13.5. The number of aromatic nitrogens is 2. The Bertz CT molecular complexity index is 1150. The first kappa shape index (κ1) is 20.8. The Hall–Kier alpha value is -2.46. The van der Waals surface area contributed by atoms with Crippen molar-refractivity contribution in [3.63, 3.8) is 0 Å². The van der Waals surface area contributed by atoms with Crippen LogP contribution in [0, 0.1) is 11.7 Å². The molecule has 0 radical (unpaired) electrons. The van der Waals surface area contributed by atoms with Crippen molar-refractivity contribution < 1.29 is 26.0 Å². The van der Waals surface area contributed by atoms with Crippen molar-refractivity contribution in [1.29, 1.82) is 0 Å². The van der Waals surface area contributed by atoms with Gasteiger partial charge in [-0.15, -0.1) is 0 Å². The number of piperidine rings is 1. The van der Waals surface area contributed by atoms with Gasteiger partial charge in [0.15, 0.2) is 0 Å². The zero-order chi connectivity index (χ0) is 21.5. The van der Waals surface area contributed by atoms with Gasteiger partial charge in [0.25, 0.3) is 0 Å². The van der Waals surface area contributed by atoms with Crippen LogP contribution in [0.1, 0.15) is 18.7 Å². The third kappa shape index (κ3) is 3.93. The summed E-state index contributed by atoms with van der Waals surface area (Å²) in [5.74, 6) is -1.59. The zero-order valence-electron chi connectivity index (χ0n) is 15.8. The SMILES string of the molecule is O=S(=O)(c1ccc(F)cc1)N1CCC(Cn2c(C(F)(F)F)nc3ccccc32)CC1. The lowest BCUT2D eigenvalue weighted by Crippen LogP contribution is -2.39. The lowest BCUT2D eigenvalue weighted by molar-refractivity contribution is -0.147. The molecule has 0 N–H and O–H groups in total. The molecule has 1 aliphatic heterocycles. The number of benzene rings is 2. The van der Waals surface area contributed by atoms with Crippen LogP contribution in [0.4, 0.5) is 17.6 Å². The number of halogens is 4. The Kier molecular flexibility index (Phi) is 5.31. The van der Waals surface area contributed by atoms with E-state index in [0.29, 0.717) is 18.4 Å². The summed E-state index contributed by atoms with van der Waals surface area (Å²) >= 11 is 0. The summed E-state index contributed by atoms with van der Waals surface area (Å²) in [6, 6.07) is 11.0. The van der Waals surface area contributed by atoms with Gasteiger partial charge in [-0.2, -0.15) is 17.5 Å². The Balaban J connectivity index is 1.51. The van der Waals surface area contributed by atoms with Crippen LogP contribution in [0.15, 0.2) is 53.4 Å². The summed E-state index contributed by atoms with van der Waals surface area (Å²) in [6.45, 7) is 0.497. The Labute approximate surface area is 171 Å². The van der Waals surface area contributed by atoms with E-state index >= 15 is 0 Å². The fourth-order valence-electron chi connectivity index (χ4n) is 3.82. The average Bonchev–Trinajstić information content (AvgIpc) is 3.08. The summed E-state index contributed by atoms with van der Waals surface area (Å²) in [4.78, 5) is 3.75. The molecular formula is C20H19F4N3O2S. The maximum Gasteiger partial charge on any atom is 0.449 e. The van der Waals surface area contributed by atoms with Crippen LogP contribution in [0.2, 0.25) is 0 Å². The molecule has 4 rings (SSSR count). The number of imidazole rings is 1. The average molecular weight is 441 g/mol. The van der Waals surface area contributed by atoms with Crippen molar-refractivity contribution in [2.24, 2.45) is 5.92 Å². The summed E-state index contributed by atoms with van der Waals surface area (Å²) in [5.41, 5.74) is 0.687. The van der Waals surface area contributed by atoms with Crippen molar-refractivity contribution in [2.45, 2.75) is 30.5 Å². The maximum absolute atomic E-state index is 13.5. The number of nitrogens with zero attached hydrogens (tertiary/aromatic N) is 3. The number of hydrogen-bond acceptors (Lipinski definition) is 3.